The van der Waals surface area contributed by atoms with Crippen molar-refractivity contribution in [2.45, 2.75) is 58.2 Å². The van der Waals surface area contributed by atoms with Gasteiger partial charge in [0.25, 0.3) is 0 Å². The van der Waals surface area contributed by atoms with E-state index >= 15 is 0 Å². The summed E-state index contributed by atoms with van der Waals surface area (Å²) in [6, 6.07) is 12.5. The number of carbonyl (C=O) groups excluding carboxylic acids is 2. The minimum Gasteiger partial charge on any atom is -0.530 e. The molecule has 1 aliphatic heterocycles. The fourth-order valence-corrected chi connectivity index (χ4v) is 3.86. The molecule has 2 amide bonds. The molecule has 1 aliphatic rings. The van der Waals surface area contributed by atoms with Gasteiger partial charge in [0.1, 0.15) is 24.5 Å². The zero-order valence-electron chi connectivity index (χ0n) is 18.4. The van der Waals surface area contributed by atoms with Crippen molar-refractivity contribution in [3.05, 3.63) is 59.9 Å². The van der Waals surface area contributed by atoms with Gasteiger partial charge in [-0.3, -0.25) is 9.78 Å². The van der Waals surface area contributed by atoms with Crippen molar-refractivity contribution in [2.75, 3.05) is 13.1 Å². The molecule has 166 valence electrons. The van der Waals surface area contributed by atoms with E-state index in [4.69, 9.17) is 4.74 Å². The second-order valence-corrected chi connectivity index (χ2v) is 8.82. The molecule has 31 heavy (non-hydrogen) atoms. The van der Waals surface area contributed by atoms with Crippen LogP contribution in [0.5, 0.6) is 5.75 Å². The lowest BCUT2D eigenvalue weighted by Gasteiger charge is -2.44. The number of rotatable bonds is 7. The molecule has 0 N–H and O–H groups in total. The number of carboxylic acid groups (broad SMARTS) is 1. The van der Waals surface area contributed by atoms with Gasteiger partial charge in [-0.15, -0.1) is 0 Å². The molecule has 0 aliphatic carbocycles. The van der Waals surface area contributed by atoms with Gasteiger partial charge >= 0.3 is 0 Å². The van der Waals surface area contributed by atoms with Crippen molar-refractivity contribution in [1.29, 1.82) is 0 Å². The molecule has 0 spiro atoms. The first kappa shape index (κ1) is 22.6. The van der Waals surface area contributed by atoms with E-state index in [0.717, 1.165) is 23.3 Å². The second kappa shape index (κ2) is 9.81. The van der Waals surface area contributed by atoms with Crippen molar-refractivity contribution in [1.82, 2.24) is 14.8 Å². The minimum absolute atomic E-state index is 0.180. The van der Waals surface area contributed by atoms with Crippen LogP contribution in [0, 0.1) is 0 Å². The highest BCUT2D eigenvalue weighted by molar-refractivity contribution is 5.85. The lowest BCUT2D eigenvalue weighted by molar-refractivity contribution is -0.273. The number of aromatic nitrogens is 1. The highest BCUT2D eigenvalue weighted by Crippen LogP contribution is 2.23. The smallest absolute Gasteiger partial charge is 0.245 e. The van der Waals surface area contributed by atoms with Gasteiger partial charge in [-0.2, -0.15) is 0 Å². The molecule has 3 rings (SSSR count). The number of carbonyl (C=O) groups is 2. The first-order valence-electron chi connectivity index (χ1n) is 10.7. The molecule has 0 bridgehead atoms. The summed E-state index contributed by atoms with van der Waals surface area (Å²) in [5.74, 6) is 0.422. The van der Waals surface area contributed by atoms with Crippen LogP contribution in [0.3, 0.4) is 0 Å². The Hall–Kier alpha value is -3.09. The molecule has 2 heterocycles. The predicted octanol–water partition coefficient (Wildman–Crippen LogP) is 2.64. The van der Waals surface area contributed by atoms with Crippen molar-refractivity contribution in [2.24, 2.45) is 0 Å². The SMILES string of the molecule is CC(C)(C)N(C(=O)[O-])C(Cc1ccc(OCc2ccccc2)cn1)C(=O)N1CCCC1. The van der Waals surface area contributed by atoms with Crippen LogP contribution in [0.15, 0.2) is 48.7 Å². The van der Waals surface area contributed by atoms with Gasteiger partial charge in [-0.25, -0.2) is 0 Å². The van der Waals surface area contributed by atoms with Crippen LogP contribution < -0.4 is 9.84 Å². The molecule has 2 aromatic rings. The standard InChI is InChI=1S/C24H31N3O4/c1-24(2,3)27(23(29)30)21(22(28)26-13-7-8-14-26)15-19-11-12-20(16-25-19)31-17-18-9-5-4-6-10-18/h4-6,9-12,16,21H,7-8,13-15,17H2,1-3H3,(H,29,30)/p-1. The van der Waals surface area contributed by atoms with Crippen LogP contribution in [0.4, 0.5) is 4.79 Å². The van der Waals surface area contributed by atoms with E-state index in [-0.39, 0.29) is 12.3 Å². The number of likely N-dealkylation sites (tertiary alicyclic amines) is 1. The average Bonchev–Trinajstić information content (AvgIpc) is 3.26. The van der Waals surface area contributed by atoms with E-state index in [1.54, 1.807) is 44.0 Å². The molecule has 1 aromatic heterocycles. The molecule has 0 saturated carbocycles. The topological polar surface area (TPSA) is 85.8 Å². The Morgan fingerprint density at radius 3 is 2.35 bits per heavy atom. The van der Waals surface area contributed by atoms with E-state index in [2.05, 4.69) is 4.98 Å². The normalized spacial score (nSPS) is 14.9. The maximum absolute atomic E-state index is 13.2. The highest BCUT2D eigenvalue weighted by Gasteiger charge is 2.37. The Bertz CT molecular complexity index is 872. The number of benzene rings is 1. The Kier molecular flexibility index (Phi) is 7.15. The number of amides is 2. The molecule has 7 nitrogen and oxygen atoms in total. The quantitative estimate of drug-likeness (QED) is 0.682. The third-order valence-corrected chi connectivity index (χ3v) is 5.38. The van der Waals surface area contributed by atoms with Gasteiger partial charge in [0.2, 0.25) is 5.91 Å². The van der Waals surface area contributed by atoms with E-state index in [0.29, 0.717) is 31.1 Å². The summed E-state index contributed by atoms with van der Waals surface area (Å²) >= 11 is 0. The fraction of sp³-hybridized carbons (Fsp3) is 0.458. The summed E-state index contributed by atoms with van der Waals surface area (Å²) in [5, 5.41) is 12.0. The van der Waals surface area contributed by atoms with Gasteiger partial charge < -0.3 is 24.4 Å². The number of hydrogen-bond acceptors (Lipinski definition) is 5. The molecule has 1 unspecified atom stereocenters. The van der Waals surface area contributed by atoms with Crippen LogP contribution in [0.2, 0.25) is 0 Å². The minimum atomic E-state index is -1.35. The maximum Gasteiger partial charge on any atom is 0.245 e. The monoisotopic (exact) mass is 424 g/mol. The molecular weight excluding hydrogens is 394 g/mol. The lowest BCUT2D eigenvalue weighted by Crippen LogP contribution is -2.61. The van der Waals surface area contributed by atoms with Crippen LogP contribution in [0.25, 0.3) is 0 Å². The van der Waals surface area contributed by atoms with Crippen LogP contribution in [-0.4, -0.2) is 51.5 Å². The largest absolute Gasteiger partial charge is 0.530 e. The average molecular weight is 425 g/mol. The van der Waals surface area contributed by atoms with Crippen molar-refractivity contribution in [3.63, 3.8) is 0 Å². The Morgan fingerprint density at radius 2 is 1.81 bits per heavy atom. The number of pyridine rings is 1. The first-order chi connectivity index (χ1) is 14.8. The molecule has 1 aromatic carbocycles. The van der Waals surface area contributed by atoms with Crippen molar-refractivity contribution in [3.8, 4) is 5.75 Å². The van der Waals surface area contributed by atoms with Crippen LogP contribution in [-0.2, 0) is 17.8 Å². The highest BCUT2D eigenvalue weighted by atomic mass is 16.5. The summed E-state index contributed by atoms with van der Waals surface area (Å²) in [7, 11) is 0. The number of ether oxygens (including phenoxy) is 1. The summed E-state index contributed by atoms with van der Waals surface area (Å²) in [4.78, 5) is 32.5. The van der Waals surface area contributed by atoms with Gasteiger partial charge in [0, 0.05) is 30.7 Å². The van der Waals surface area contributed by atoms with Gasteiger partial charge in [-0.1, -0.05) is 30.3 Å². The zero-order valence-corrected chi connectivity index (χ0v) is 18.4. The number of nitrogens with zero attached hydrogens (tertiary/aromatic N) is 3. The first-order valence-corrected chi connectivity index (χ1v) is 10.7. The lowest BCUT2D eigenvalue weighted by atomic mass is 9.99. The van der Waals surface area contributed by atoms with E-state index in [9.17, 15) is 14.7 Å². The second-order valence-electron chi connectivity index (χ2n) is 8.82. The van der Waals surface area contributed by atoms with Crippen LogP contribution in [0.1, 0.15) is 44.9 Å². The molecule has 0 radical (unpaired) electrons. The predicted molar refractivity (Wildman–Crippen MR) is 115 cm³/mol. The molecular formula is C24H30N3O4-. The Balaban J connectivity index is 1.75. The van der Waals surface area contributed by atoms with E-state index in [1.165, 1.54) is 0 Å². The Morgan fingerprint density at radius 1 is 1.13 bits per heavy atom. The molecule has 1 saturated heterocycles. The molecule has 1 fully saturated rings. The van der Waals surface area contributed by atoms with E-state index < -0.39 is 17.7 Å². The van der Waals surface area contributed by atoms with Gasteiger partial charge in [0.15, 0.2) is 0 Å². The number of hydrogen-bond donors (Lipinski definition) is 0. The van der Waals surface area contributed by atoms with Crippen LogP contribution >= 0.6 is 0 Å². The molecule has 7 heteroatoms. The Labute approximate surface area is 183 Å². The zero-order chi connectivity index (χ0) is 22.4. The summed E-state index contributed by atoms with van der Waals surface area (Å²) in [5.41, 5.74) is 0.898. The summed E-state index contributed by atoms with van der Waals surface area (Å²) < 4.78 is 5.77. The van der Waals surface area contributed by atoms with Gasteiger partial charge in [-0.05, 0) is 51.3 Å². The van der Waals surface area contributed by atoms with Crippen molar-refractivity contribution >= 4 is 12.0 Å². The summed E-state index contributed by atoms with van der Waals surface area (Å²) in [6.07, 6.45) is 2.30. The van der Waals surface area contributed by atoms with E-state index in [1.807, 2.05) is 30.3 Å². The summed E-state index contributed by atoms with van der Waals surface area (Å²) in [6.45, 7) is 7.03. The third-order valence-electron chi connectivity index (χ3n) is 5.38. The van der Waals surface area contributed by atoms with Crippen molar-refractivity contribution < 1.29 is 19.4 Å². The fourth-order valence-electron chi connectivity index (χ4n) is 3.86. The van der Waals surface area contributed by atoms with Gasteiger partial charge in [0.05, 0.1) is 6.20 Å². The third kappa shape index (κ3) is 5.96. The molecule has 1 atom stereocenters. The maximum atomic E-state index is 13.2.